The van der Waals surface area contributed by atoms with Crippen LogP contribution in [0.1, 0.15) is 37.4 Å². The fourth-order valence-corrected chi connectivity index (χ4v) is 3.88. The highest BCUT2D eigenvalue weighted by Gasteiger charge is 2.15. The Kier molecular flexibility index (Phi) is 7.86. The van der Waals surface area contributed by atoms with Crippen molar-refractivity contribution in [3.05, 3.63) is 58.6 Å². The van der Waals surface area contributed by atoms with Crippen LogP contribution in [0.25, 0.3) is 0 Å². The number of hydrogen-bond donors (Lipinski definition) is 2. The minimum atomic E-state index is -3.54. The van der Waals surface area contributed by atoms with E-state index in [0.717, 1.165) is 5.56 Å². The summed E-state index contributed by atoms with van der Waals surface area (Å²) in [5.74, 6) is 0.187. The maximum Gasteiger partial charge on any atom is 0.258 e. The summed E-state index contributed by atoms with van der Waals surface area (Å²) < 4.78 is 32.4. The van der Waals surface area contributed by atoms with Crippen LogP contribution in [0.5, 0.6) is 5.75 Å². The lowest BCUT2D eigenvalue weighted by atomic mass is 10.1. The van der Waals surface area contributed by atoms with Gasteiger partial charge in [0.1, 0.15) is 5.75 Å². The molecule has 0 aliphatic heterocycles. The number of nitrogens with one attached hydrogen (secondary N) is 2. The van der Waals surface area contributed by atoms with Crippen LogP contribution in [0, 0.1) is 6.92 Å². The molecule has 8 heteroatoms. The van der Waals surface area contributed by atoms with Gasteiger partial charge in [0, 0.05) is 11.6 Å². The quantitative estimate of drug-likeness (QED) is 0.644. The number of aryl methyl sites for hydroxylation is 1. The predicted molar refractivity (Wildman–Crippen MR) is 110 cm³/mol. The van der Waals surface area contributed by atoms with Crippen molar-refractivity contribution in [1.29, 1.82) is 0 Å². The molecule has 0 saturated carbocycles. The van der Waals surface area contributed by atoms with Crippen molar-refractivity contribution in [3.8, 4) is 5.75 Å². The molecule has 0 aromatic heterocycles. The van der Waals surface area contributed by atoms with Crippen molar-refractivity contribution < 1.29 is 17.9 Å². The molecular formula is C20H25ClN2O4S. The molecule has 2 N–H and O–H groups in total. The Bertz CT molecular complexity index is 914. The SMILES string of the molecule is CCCNS(=O)(=O)c1ccc(OCC(=O)N[C@H](C)c2ccc(Cl)cc2)c(C)c1. The topological polar surface area (TPSA) is 84.5 Å². The molecule has 1 atom stereocenters. The molecule has 2 aromatic rings. The Morgan fingerprint density at radius 3 is 2.46 bits per heavy atom. The highest BCUT2D eigenvalue weighted by molar-refractivity contribution is 7.89. The molecule has 0 aliphatic rings. The van der Waals surface area contributed by atoms with Crippen molar-refractivity contribution in [2.24, 2.45) is 0 Å². The summed E-state index contributed by atoms with van der Waals surface area (Å²) in [5, 5.41) is 3.49. The van der Waals surface area contributed by atoms with Crippen molar-refractivity contribution in [3.63, 3.8) is 0 Å². The van der Waals surface area contributed by atoms with E-state index in [1.165, 1.54) is 12.1 Å². The van der Waals surface area contributed by atoms with Crippen molar-refractivity contribution in [2.75, 3.05) is 13.2 Å². The number of ether oxygens (including phenoxy) is 1. The normalized spacial score (nSPS) is 12.4. The third kappa shape index (κ3) is 6.22. The van der Waals surface area contributed by atoms with E-state index in [1.54, 1.807) is 25.1 Å². The zero-order valence-corrected chi connectivity index (χ0v) is 17.7. The summed E-state index contributed by atoms with van der Waals surface area (Å²) in [7, 11) is -3.54. The van der Waals surface area contributed by atoms with E-state index in [-0.39, 0.29) is 23.5 Å². The van der Waals surface area contributed by atoms with Crippen LogP contribution in [0.4, 0.5) is 0 Å². The van der Waals surface area contributed by atoms with Crippen LogP contribution in [0.15, 0.2) is 47.4 Å². The van der Waals surface area contributed by atoms with Crippen LogP contribution in [-0.4, -0.2) is 27.5 Å². The Balaban J connectivity index is 1.94. The minimum Gasteiger partial charge on any atom is -0.484 e. The van der Waals surface area contributed by atoms with Crippen molar-refractivity contribution in [2.45, 2.75) is 38.1 Å². The van der Waals surface area contributed by atoms with Gasteiger partial charge in [-0.2, -0.15) is 0 Å². The van der Waals surface area contributed by atoms with E-state index >= 15 is 0 Å². The second-order valence-corrected chi connectivity index (χ2v) is 8.66. The maximum absolute atomic E-state index is 12.2. The van der Waals surface area contributed by atoms with E-state index in [1.807, 2.05) is 26.0 Å². The number of amides is 1. The number of hydrogen-bond acceptors (Lipinski definition) is 4. The minimum absolute atomic E-state index is 0.168. The summed E-state index contributed by atoms with van der Waals surface area (Å²) >= 11 is 5.87. The highest BCUT2D eigenvalue weighted by atomic mass is 35.5. The van der Waals surface area contributed by atoms with E-state index in [2.05, 4.69) is 10.0 Å². The van der Waals surface area contributed by atoms with Gasteiger partial charge in [0.2, 0.25) is 10.0 Å². The molecule has 1 amide bonds. The Morgan fingerprint density at radius 1 is 1.18 bits per heavy atom. The standard InChI is InChI=1S/C20H25ClN2O4S/c1-4-11-22-28(25,26)18-9-10-19(14(2)12-18)27-13-20(24)23-15(3)16-5-7-17(21)8-6-16/h5-10,12,15,22H,4,11,13H2,1-3H3,(H,23,24)/t15-/m1/s1. The average molecular weight is 425 g/mol. The van der Waals surface area contributed by atoms with Gasteiger partial charge >= 0.3 is 0 Å². The van der Waals surface area contributed by atoms with Gasteiger partial charge in [-0.3, -0.25) is 4.79 Å². The van der Waals surface area contributed by atoms with Crippen LogP contribution in [0.2, 0.25) is 5.02 Å². The summed E-state index contributed by atoms with van der Waals surface area (Å²) in [6.07, 6.45) is 0.711. The first-order chi connectivity index (χ1) is 13.2. The average Bonchev–Trinajstić information content (AvgIpc) is 2.65. The van der Waals surface area contributed by atoms with Crippen molar-refractivity contribution >= 4 is 27.5 Å². The van der Waals surface area contributed by atoms with Gasteiger partial charge in [0.15, 0.2) is 6.61 Å². The van der Waals surface area contributed by atoms with Crippen LogP contribution in [-0.2, 0) is 14.8 Å². The fraction of sp³-hybridized carbons (Fsp3) is 0.350. The van der Waals surface area contributed by atoms with Gasteiger partial charge < -0.3 is 10.1 Å². The number of carbonyl (C=O) groups excluding carboxylic acids is 1. The molecule has 0 unspecified atom stereocenters. The molecule has 28 heavy (non-hydrogen) atoms. The first-order valence-corrected chi connectivity index (χ1v) is 10.9. The van der Waals surface area contributed by atoms with Crippen molar-refractivity contribution in [1.82, 2.24) is 10.0 Å². The van der Waals surface area contributed by atoms with Gasteiger partial charge in [0.05, 0.1) is 10.9 Å². The summed E-state index contributed by atoms with van der Waals surface area (Å²) in [6.45, 7) is 5.71. The smallest absolute Gasteiger partial charge is 0.258 e. The zero-order valence-electron chi connectivity index (χ0n) is 16.2. The number of benzene rings is 2. The predicted octanol–water partition coefficient (Wildman–Crippen LogP) is 3.59. The number of rotatable bonds is 9. The van der Waals surface area contributed by atoms with Gasteiger partial charge in [-0.05, 0) is 61.7 Å². The summed E-state index contributed by atoms with van der Waals surface area (Å²) in [4.78, 5) is 12.3. The maximum atomic E-state index is 12.2. The molecule has 6 nitrogen and oxygen atoms in total. The molecule has 0 heterocycles. The lowest BCUT2D eigenvalue weighted by molar-refractivity contribution is -0.123. The molecule has 0 saturated heterocycles. The molecule has 0 fully saturated rings. The molecule has 2 aromatic carbocycles. The van der Waals surface area contributed by atoms with Crippen LogP contribution in [0.3, 0.4) is 0 Å². The molecule has 0 aliphatic carbocycles. The lowest BCUT2D eigenvalue weighted by Gasteiger charge is -2.16. The van der Waals surface area contributed by atoms with E-state index in [9.17, 15) is 13.2 Å². The number of sulfonamides is 1. The van der Waals surface area contributed by atoms with E-state index in [4.69, 9.17) is 16.3 Å². The van der Waals surface area contributed by atoms with Crippen LogP contribution < -0.4 is 14.8 Å². The molecule has 152 valence electrons. The Morgan fingerprint density at radius 2 is 1.86 bits per heavy atom. The number of carbonyl (C=O) groups is 1. The summed E-state index contributed by atoms with van der Waals surface area (Å²) in [6, 6.07) is 11.6. The highest BCUT2D eigenvalue weighted by Crippen LogP contribution is 2.22. The van der Waals surface area contributed by atoms with E-state index in [0.29, 0.717) is 29.3 Å². The molecular weight excluding hydrogens is 400 g/mol. The lowest BCUT2D eigenvalue weighted by Crippen LogP contribution is -2.31. The largest absolute Gasteiger partial charge is 0.484 e. The first-order valence-electron chi connectivity index (χ1n) is 9.01. The Hall–Kier alpha value is -2.09. The van der Waals surface area contributed by atoms with Crippen LogP contribution >= 0.6 is 11.6 Å². The molecule has 0 spiro atoms. The van der Waals surface area contributed by atoms with Gasteiger partial charge in [-0.15, -0.1) is 0 Å². The third-order valence-corrected chi connectivity index (χ3v) is 5.82. The molecule has 0 bridgehead atoms. The van der Waals surface area contributed by atoms with E-state index < -0.39 is 10.0 Å². The monoisotopic (exact) mass is 424 g/mol. The second kappa shape index (κ2) is 9.91. The Labute approximate surface area is 171 Å². The zero-order chi connectivity index (χ0) is 20.7. The van der Waals surface area contributed by atoms with Gasteiger partial charge in [-0.1, -0.05) is 30.7 Å². The summed E-state index contributed by atoms with van der Waals surface area (Å²) in [5.41, 5.74) is 1.57. The number of halogens is 1. The fourth-order valence-electron chi connectivity index (χ4n) is 2.53. The third-order valence-electron chi connectivity index (χ3n) is 4.11. The second-order valence-electron chi connectivity index (χ2n) is 6.45. The first kappa shape index (κ1) is 22.2. The molecule has 2 rings (SSSR count). The van der Waals surface area contributed by atoms with Gasteiger partial charge in [0.25, 0.3) is 5.91 Å². The molecule has 0 radical (unpaired) electrons. The van der Waals surface area contributed by atoms with Gasteiger partial charge in [-0.25, -0.2) is 13.1 Å².